The molecular formula is C20H26N4O3. The van der Waals surface area contributed by atoms with Gasteiger partial charge in [0, 0.05) is 19.0 Å². The van der Waals surface area contributed by atoms with E-state index in [4.69, 9.17) is 9.26 Å². The van der Waals surface area contributed by atoms with Crippen LogP contribution in [0.1, 0.15) is 42.5 Å². The lowest BCUT2D eigenvalue weighted by Gasteiger charge is -2.37. The Balaban J connectivity index is 1.45. The third-order valence-corrected chi connectivity index (χ3v) is 5.40. The molecule has 7 heteroatoms. The van der Waals surface area contributed by atoms with Gasteiger partial charge >= 0.3 is 0 Å². The lowest BCUT2D eigenvalue weighted by Crippen LogP contribution is -2.51. The molecular weight excluding hydrogens is 344 g/mol. The molecule has 2 aromatic rings. The van der Waals surface area contributed by atoms with Crippen molar-refractivity contribution in [3.05, 3.63) is 41.5 Å². The van der Waals surface area contributed by atoms with Crippen molar-refractivity contribution in [1.82, 2.24) is 20.4 Å². The van der Waals surface area contributed by atoms with Crippen LogP contribution in [0.15, 0.2) is 28.8 Å². The van der Waals surface area contributed by atoms with Gasteiger partial charge in [0.2, 0.25) is 11.8 Å². The van der Waals surface area contributed by atoms with E-state index in [1.807, 2.05) is 19.1 Å². The van der Waals surface area contributed by atoms with E-state index < -0.39 is 0 Å². The van der Waals surface area contributed by atoms with Crippen molar-refractivity contribution >= 4 is 5.91 Å². The Labute approximate surface area is 159 Å². The first-order valence-electron chi connectivity index (χ1n) is 9.58. The van der Waals surface area contributed by atoms with Crippen LogP contribution in [0, 0.1) is 12.8 Å². The molecule has 2 atom stereocenters. The molecule has 2 aliphatic rings. The average Bonchev–Trinajstić information content (AvgIpc) is 3.44. The van der Waals surface area contributed by atoms with Crippen LogP contribution in [0.3, 0.4) is 0 Å². The summed E-state index contributed by atoms with van der Waals surface area (Å²) in [4.78, 5) is 19.2. The minimum absolute atomic E-state index is 0.00931. The second-order valence-electron chi connectivity index (χ2n) is 7.55. The standard InChI is InChI=1S/C20H26N4O3/c1-13-21-20(27-23-13)17-9-10-24(11-14-3-7-16(26-2)8-4-14)12-18(17)22-19(25)15-5-6-15/h3-4,7-8,15,17-18H,5-6,9-12H2,1-2H3,(H,22,25)/t17-,18+/m0/s1. The maximum absolute atomic E-state index is 12.4. The van der Waals surface area contributed by atoms with Gasteiger partial charge in [-0.15, -0.1) is 0 Å². The number of hydrogen-bond donors (Lipinski definition) is 1. The van der Waals surface area contributed by atoms with Crippen LogP contribution in [-0.2, 0) is 11.3 Å². The van der Waals surface area contributed by atoms with Gasteiger partial charge in [-0.05, 0) is 50.4 Å². The van der Waals surface area contributed by atoms with Crippen LogP contribution in [-0.4, -0.2) is 47.2 Å². The molecule has 1 aromatic heterocycles. The van der Waals surface area contributed by atoms with Gasteiger partial charge in [-0.25, -0.2) is 0 Å². The molecule has 1 aliphatic carbocycles. The Kier molecular flexibility index (Phi) is 5.11. The molecule has 7 nitrogen and oxygen atoms in total. The molecule has 0 radical (unpaired) electrons. The molecule has 0 bridgehead atoms. The van der Waals surface area contributed by atoms with Gasteiger partial charge in [0.1, 0.15) is 5.75 Å². The van der Waals surface area contributed by atoms with E-state index in [0.717, 1.165) is 44.6 Å². The van der Waals surface area contributed by atoms with E-state index >= 15 is 0 Å². The molecule has 2 fully saturated rings. The van der Waals surface area contributed by atoms with E-state index in [-0.39, 0.29) is 23.8 Å². The zero-order chi connectivity index (χ0) is 18.8. The molecule has 2 heterocycles. The van der Waals surface area contributed by atoms with E-state index in [2.05, 4.69) is 32.5 Å². The number of carbonyl (C=O) groups is 1. The fourth-order valence-electron chi connectivity index (χ4n) is 3.70. The van der Waals surface area contributed by atoms with Crippen LogP contribution in [0.25, 0.3) is 0 Å². The van der Waals surface area contributed by atoms with Crippen LogP contribution >= 0.6 is 0 Å². The Morgan fingerprint density at radius 1 is 1.30 bits per heavy atom. The van der Waals surface area contributed by atoms with Crippen molar-refractivity contribution in [2.45, 2.75) is 44.7 Å². The number of rotatable bonds is 6. The molecule has 0 spiro atoms. The maximum atomic E-state index is 12.4. The minimum atomic E-state index is -0.00931. The summed E-state index contributed by atoms with van der Waals surface area (Å²) in [6.45, 7) is 4.36. The summed E-state index contributed by atoms with van der Waals surface area (Å²) in [6, 6.07) is 8.13. The zero-order valence-electron chi connectivity index (χ0n) is 15.9. The van der Waals surface area contributed by atoms with Crippen molar-refractivity contribution in [1.29, 1.82) is 0 Å². The van der Waals surface area contributed by atoms with E-state index in [9.17, 15) is 4.79 Å². The SMILES string of the molecule is COc1ccc(CN2CC[C@H](c3nc(C)no3)[C@H](NC(=O)C3CC3)C2)cc1. The molecule has 1 aromatic carbocycles. The van der Waals surface area contributed by atoms with Gasteiger partial charge in [0.25, 0.3) is 0 Å². The minimum Gasteiger partial charge on any atom is -0.497 e. The lowest BCUT2D eigenvalue weighted by molar-refractivity contribution is -0.123. The number of hydrogen-bond acceptors (Lipinski definition) is 6. The van der Waals surface area contributed by atoms with Crippen molar-refractivity contribution in [3.8, 4) is 5.75 Å². The van der Waals surface area contributed by atoms with Gasteiger partial charge in [-0.3, -0.25) is 9.69 Å². The van der Waals surface area contributed by atoms with Crippen LogP contribution in [0.5, 0.6) is 5.75 Å². The smallest absolute Gasteiger partial charge is 0.231 e. The third-order valence-electron chi connectivity index (χ3n) is 5.40. The van der Waals surface area contributed by atoms with Crippen LogP contribution in [0.4, 0.5) is 0 Å². The number of nitrogens with zero attached hydrogens (tertiary/aromatic N) is 3. The number of methoxy groups -OCH3 is 1. The molecule has 4 rings (SSSR count). The predicted molar refractivity (Wildman–Crippen MR) is 99.3 cm³/mol. The highest BCUT2D eigenvalue weighted by atomic mass is 16.5. The van der Waals surface area contributed by atoms with E-state index in [1.165, 1.54) is 5.56 Å². The summed E-state index contributed by atoms with van der Waals surface area (Å²) in [7, 11) is 1.67. The number of carbonyl (C=O) groups excluding carboxylic acids is 1. The largest absolute Gasteiger partial charge is 0.497 e. The summed E-state index contributed by atoms with van der Waals surface area (Å²) in [5.74, 6) is 2.55. The number of ether oxygens (including phenoxy) is 1. The molecule has 0 unspecified atom stereocenters. The van der Waals surface area contributed by atoms with Gasteiger partial charge in [0.15, 0.2) is 5.82 Å². The predicted octanol–water partition coefficient (Wildman–Crippen LogP) is 2.27. The highest BCUT2D eigenvalue weighted by Gasteiger charge is 2.38. The Morgan fingerprint density at radius 2 is 2.07 bits per heavy atom. The number of likely N-dealkylation sites (tertiary alicyclic amines) is 1. The number of benzene rings is 1. The normalized spacial score (nSPS) is 23.2. The molecule has 1 N–H and O–H groups in total. The number of piperidine rings is 1. The monoisotopic (exact) mass is 370 g/mol. The summed E-state index contributed by atoms with van der Waals surface area (Å²) >= 11 is 0. The van der Waals surface area contributed by atoms with E-state index in [0.29, 0.717) is 11.7 Å². The Morgan fingerprint density at radius 3 is 2.70 bits per heavy atom. The van der Waals surface area contributed by atoms with Gasteiger partial charge < -0.3 is 14.6 Å². The second kappa shape index (κ2) is 7.68. The van der Waals surface area contributed by atoms with Gasteiger partial charge in [0.05, 0.1) is 19.1 Å². The number of amides is 1. The van der Waals surface area contributed by atoms with Crippen LogP contribution < -0.4 is 10.1 Å². The molecule has 1 saturated heterocycles. The van der Waals surface area contributed by atoms with Crippen LogP contribution in [0.2, 0.25) is 0 Å². The molecule has 144 valence electrons. The third kappa shape index (κ3) is 4.30. The molecule has 1 amide bonds. The molecule has 1 saturated carbocycles. The fourth-order valence-corrected chi connectivity index (χ4v) is 3.70. The highest BCUT2D eigenvalue weighted by molar-refractivity contribution is 5.81. The topological polar surface area (TPSA) is 80.5 Å². The van der Waals surface area contributed by atoms with Gasteiger partial charge in [-0.2, -0.15) is 4.98 Å². The summed E-state index contributed by atoms with van der Waals surface area (Å²) < 4.78 is 10.7. The van der Waals surface area contributed by atoms with Crippen molar-refractivity contribution in [2.24, 2.45) is 5.92 Å². The highest BCUT2D eigenvalue weighted by Crippen LogP contribution is 2.32. The molecule has 1 aliphatic heterocycles. The number of aromatic nitrogens is 2. The fraction of sp³-hybridized carbons (Fsp3) is 0.550. The first-order valence-corrected chi connectivity index (χ1v) is 9.58. The van der Waals surface area contributed by atoms with Crippen molar-refractivity contribution in [2.75, 3.05) is 20.2 Å². The zero-order valence-corrected chi connectivity index (χ0v) is 15.9. The van der Waals surface area contributed by atoms with Crippen molar-refractivity contribution in [3.63, 3.8) is 0 Å². The van der Waals surface area contributed by atoms with E-state index in [1.54, 1.807) is 7.11 Å². The number of nitrogens with one attached hydrogen (secondary N) is 1. The second-order valence-corrected chi connectivity index (χ2v) is 7.55. The maximum Gasteiger partial charge on any atom is 0.231 e. The number of aryl methyl sites for hydroxylation is 1. The first-order chi connectivity index (χ1) is 13.1. The summed E-state index contributed by atoms with van der Waals surface area (Å²) in [6.07, 6.45) is 2.88. The Hall–Kier alpha value is -2.41. The van der Waals surface area contributed by atoms with Crippen molar-refractivity contribution < 1.29 is 14.1 Å². The lowest BCUT2D eigenvalue weighted by atomic mass is 9.90. The average molecular weight is 370 g/mol. The summed E-state index contributed by atoms with van der Waals surface area (Å²) in [5.41, 5.74) is 1.23. The Bertz CT molecular complexity index is 785. The summed E-state index contributed by atoms with van der Waals surface area (Å²) in [5, 5.41) is 7.18. The van der Waals surface area contributed by atoms with Gasteiger partial charge in [-0.1, -0.05) is 17.3 Å². The first kappa shape index (κ1) is 18.0. The quantitative estimate of drug-likeness (QED) is 0.840. The molecule has 27 heavy (non-hydrogen) atoms.